The summed E-state index contributed by atoms with van der Waals surface area (Å²) in [5, 5.41) is 1.97. The van der Waals surface area contributed by atoms with Gasteiger partial charge in [0.25, 0.3) is 11.1 Å². The molecule has 4 aromatic rings. The number of carbonyl (C=O) groups is 2. The van der Waals surface area contributed by atoms with E-state index < -0.39 is 0 Å². The van der Waals surface area contributed by atoms with Gasteiger partial charge in [-0.15, -0.1) is 0 Å². The molecule has 0 radical (unpaired) electrons. The van der Waals surface area contributed by atoms with Crippen LogP contribution in [0.2, 0.25) is 0 Å². The van der Waals surface area contributed by atoms with Gasteiger partial charge in [0.2, 0.25) is 0 Å². The van der Waals surface area contributed by atoms with Gasteiger partial charge in [-0.3, -0.25) is 14.5 Å². The normalized spacial score (nSPS) is 14.9. The Bertz CT molecular complexity index is 1350. The number of fused-ring (bicyclic) bond motifs is 1. The van der Waals surface area contributed by atoms with Crippen molar-refractivity contribution in [1.29, 1.82) is 0 Å². The Balaban J connectivity index is 1.26. The minimum atomic E-state index is -0.262. The van der Waals surface area contributed by atoms with E-state index in [1.165, 1.54) is 4.90 Å². The maximum absolute atomic E-state index is 12.9. The number of hydrogen-bond donors (Lipinski definition) is 0. The molecule has 1 fully saturated rings. The zero-order valence-corrected chi connectivity index (χ0v) is 18.6. The van der Waals surface area contributed by atoms with Crippen molar-refractivity contribution in [2.45, 2.75) is 13.2 Å². The fourth-order valence-electron chi connectivity index (χ4n) is 3.71. The number of rotatable bonds is 6. The lowest BCUT2D eigenvalue weighted by Crippen LogP contribution is -2.27. The number of nitrogens with zero attached hydrogens (tertiary/aromatic N) is 1. The van der Waals surface area contributed by atoms with Gasteiger partial charge < -0.3 is 4.74 Å². The van der Waals surface area contributed by atoms with Crippen LogP contribution in [0, 0.1) is 0 Å². The summed E-state index contributed by atoms with van der Waals surface area (Å²) in [6.07, 6.45) is 1.76. The van der Waals surface area contributed by atoms with E-state index in [2.05, 4.69) is 0 Å². The Labute approximate surface area is 196 Å². The summed E-state index contributed by atoms with van der Waals surface area (Å²) in [4.78, 5) is 27.2. The first-order valence-electron chi connectivity index (χ1n) is 10.7. The molecule has 0 unspecified atom stereocenters. The van der Waals surface area contributed by atoms with Gasteiger partial charge in [-0.25, -0.2) is 0 Å². The molecule has 5 rings (SSSR count). The van der Waals surface area contributed by atoms with Gasteiger partial charge in [-0.2, -0.15) is 0 Å². The van der Waals surface area contributed by atoms with Crippen LogP contribution in [-0.4, -0.2) is 16.0 Å². The predicted molar refractivity (Wildman–Crippen MR) is 133 cm³/mol. The van der Waals surface area contributed by atoms with Crippen molar-refractivity contribution in [3.05, 3.63) is 119 Å². The van der Waals surface area contributed by atoms with E-state index in [1.807, 2.05) is 97.1 Å². The molecule has 4 aromatic carbocycles. The molecule has 0 bridgehead atoms. The minimum absolute atomic E-state index is 0.248. The Kier molecular flexibility index (Phi) is 5.96. The summed E-state index contributed by atoms with van der Waals surface area (Å²) in [5.74, 6) is 0.489. The van der Waals surface area contributed by atoms with Crippen LogP contribution >= 0.6 is 11.8 Å². The number of thioether (sulfide) groups is 1. The second-order valence-corrected chi connectivity index (χ2v) is 8.79. The first kappa shape index (κ1) is 21.0. The molecule has 1 heterocycles. The van der Waals surface area contributed by atoms with Gasteiger partial charge in [0.15, 0.2) is 0 Å². The van der Waals surface area contributed by atoms with Crippen molar-refractivity contribution in [2.24, 2.45) is 0 Å². The van der Waals surface area contributed by atoms with E-state index in [-0.39, 0.29) is 17.7 Å². The Morgan fingerprint density at radius 3 is 2.27 bits per heavy atom. The fourth-order valence-corrected chi connectivity index (χ4v) is 4.55. The molecule has 0 saturated carbocycles. The van der Waals surface area contributed by atoms with E-state index >= 15 is 0 Å². The molecule has 2 amide bonds. The van der Waals surface area contributed by atoms with Gasteiger partial charge in [0, 0.05) is 0 Å². The second kappa shape index (κ2) is 9.35. The summed E-state index contributed by atoms with van der Waals surface area (Å²) in [7, 11) is 0. The number of imide groups is 1. The number of ether oxygens (including phenoxy) is 1. The summed E-state index contributed by atoms with van der Waals surface area (Å²) in [6.45, 7) is 0.757. The van der Waals surface area contributed by atoms with Crippen molar-refractivity contribution >= 4 is 39.8 Å². The Morgan fingerprint density at radius 1 is 0.758 bits per heavy atom. The zero-order chi connectivity index (χ0) is 22.6. The monoisotopic (exact) mass is 451 g/mol. The summed E-state index contributed by atoms with van der Waals surface area (Å²) >= 11 is 0.979. The van der Waals surface area contributed by atoms with Crippen molar-refractivity contribution in [2.75, 3.05) is 0 Å². The van der Waals surface area contributed by atoms with Crippen LogP contribution in [0.1, 0.15) is 16.7 Å². The van der Waals surface area contributed by atoms with E-state index in [9.17, 15) is 9.59 Å². The van der Waals surface area contributed by atoms with E-state index in [0.29, 0.717) is 11.5 Å². The lowest BCUT2D eigenvalue weighted by Gasteiger charge is -2.13. The van der Waals surface area contributed by atoms with Crippen LogP contribution < -0.4 is 4.74 Å². The van der Waals surface area contributed by atoms with Gasteiger partial charge in [0.05, 0.1) is 11.4 Å². The van der Waals surface area contributed by atoms with Crippen molar-refractivity contribution < 1.29 is 14.3 Å². The largest absolute Gasteiger partial charge is 0.489 e. The molecule has 1 saturated heterocycles. The second-order valence-electron chi connectivity index (χ2n) is 7.79. The van der Waals surface area contributed by atoms with Crippen LogP contribution in [0.4, 0.5) is 4.79 Å². The van der Waals surface area contributed by atoms with Gasteiger partial charge in [-0.05, 0) is 63.5 Å². The number of benzene rings is 4. The maximum atomic E-state index is 12.9. The molecule has 0 aliphatic carbocycles. The number of carbonyl (C=O) groups excluding carboxylic acids is 2. The standard InChI is InChI=1S/C28H21NO3S/c30-27-26(17-20-11-14-25(15-12-20)32-19-21-6-2-1-3-7-21)33-28(31)29(27)18-22-10-13-23-8-4-5-9-24(23)16-22/h1-17H,18-19H2/b26-17-. The lowest BCUT2D eigenvalue weighted by atomic mass is 10.1. The topological polar surface area (TPSA) is 46.6 Å². The van der Waals surface area contributed by atoms with Crippen molar-refractivity contribution in [1.82, 2.24) is 4.90 Å². The molecule has 33 heavy (non-hydrogen) atoms. The molecule has 1 aliphatic rings. The number of hydrogen-bond acceptors (Lipinski definition) is 4. The van der Waals surface area contributed by atoms with Crippen molar-refractivity contribution in [3.8, 4) is 5.75 Å². The highest BCUT2D eigenvalue weighted by Gasteiger charge is 2.34. The molecule has 4 nitrogen and oxygen atoms in total. The lowest BCUT2D eigenvalue weighted by molar-refractivity contribution is -0.123. The molecule has 5 heteroatoms. The Morgan fingerprint density at radius 2 is 1.48 bits per heavy atom. The first-order chi connectivity index (χ1) is 16.2. The third kappa shape index (κ3) is 4.83. The van der Waals surface area contributed by atoms with Crippen LogP contribution in [-0.2, 0) is 17.9 Å². The van der Waals surface area contributed by atoms with Crippen LogP contribution in [0.15, 0.2) is 102 Å². The molecule has 0 atom stereocenters. The first-order valence-corrected chi connectivity index (χ1v) is 11.5. The SMILES string of the molecule is O=C1S/C(=C\c2ccc(OCc3ccccc3)cc2)C(=O)N1Cc1ccc2ccccc2c1. The average Bonchev–Trinajstić information content (AvgIpc) is 3.11. The van der Waals surface area contributed by atoms with Gasteiger partial charge in [-0.1, -0.05) is 78.9 Å². The van der Waals surface area contributed by atoms with Crippen LogP contribution in [0.5, 0.6) is 5.75 Å². The van der Waals surface area contributed by atoms with Crippen LogP contribution in [0.3, 0.4) is 0 Å². The smallest absolute Gasteiger partial charge is 0.293 e. The van der Waals surface area contributed by atoms with Gasteiger partial charge in [0.1, 0.15) is 12.4 Å². The average molecular weight is 452 g/mol. The number of amides is 2. The van der Waals surface area contributed by atoms with E-state index in [0.717, 1.165) is 45.0 Å². The summed E-state index contributed by atoms with van der Waals surface area (Å²) in [6, 6.07) is 31.5. The molecular formula is C28H21NO3S. The minimum Gasteiger partial charge on any atom is -0.489 e. The third-order valence-electron chi connectivity index (χ3n) is 5.45. The van der Waals surface area contributed by atoms with Crippen molar-refractivity contribution in [3.63, 3.8) is 0 Å². The predicted octanol–water partition coefficient (Wildman–Crippen LogP) is 6.66. The third-order valence-corrected chi connectivity index (χ3v) is 6.36. The summed E-state index contributed by atoms with van der Waals surface area (Å²) in [5.41, 5.74) is 2.87. The molecule has 0 spiro atoms. The molecule has 0 N–H and O–H groups in total. The van der Waals surface area contributed by atoms with E-state index in [4.69, 9.17) is 4.74 Å². The summed E-state index contributed by atoms with van der Waals surface area (Å²) < 4.78 is 5.81. The zero-order valence-electron chi connectivity index (χ0n) is 17.8. The van der Waals surface area contributed by atoms with Gasteiger partial charge >= 0.3 is 0 Å². The highest BCUT2D eigenvalue weighted by molar-refractivity contribution is 8.18. The highest BCUT2D eigenvalue weighted by Crippen LogP contribution is 2.34. The molecule has 1 aliphatic heterocycles. The highest BCUT2D eigenvalue weighted by atomic mass is 32.2. The quantitative estimate of drug-likeness (QED) is 0.308. The maximum Gasteiger partial charge on any atom is 0.293 e. The molecule has 162 valence electrons. The van der Waals surface area contributed by atoms with E-state index in [1.54, 1.807) is 6.08 Å². The fraction of sp³-hybridized carbons (Fsp3) is 0.0714. The molecular weight excluding hydrogens is 430 g/mol. The molecule has 0 aromatic heterocycles. The Hall–Kier alpha value is -3.83. The van der Waals surface area contributed by atoms with Crippen LogP contribution in [0.25, 0.3) is 16.8 Å².